The van der Waals surface area contributed by atoms with Gasteiger partial charge in [-0.3, -0.25) is 4.79 Å². The van der Waals surface area contributed by atoms with Crippen LogP contribution in [0, 0.1) is 5.41 Å². The first kappa shape index (κ1) is 18.9. The van der Waals surface area contributed by atoms with Gasteiger partial charge in [0, 0.05) is 41.3 Å². The zero-order valence-corrected chi connectivity index (χ0v) is 16.6. The average molecular weight is 380 g/mol. The summed E-state index contributed by atoms with van der Waals surface area (Å²) in [5.41, 5.74) is 5.70. The van der Waals surface area contributed by atoms with Gasteiger partial charge in [-0.1, -0.05) is 72.8 Å². The van der Waals surface area contributed by atoms with Gasteiger partial charge in [0.1, 0.15) is 0 Å². The molecule has 0 saturated carbocycles. The van der Waals surface area contributed by atoms with E-state index in [1.165, 1.54) is 5.56 Å². The minimum absolute atomic E-state index is 0.167. The first-order chi connectivity index (χ1) is 14.1. The lowest BCUT2D eigenvalue weighted by atomic mass is 10.0. The monoisotopic (exact) mass is 380 g/mol. The van der Waals surface area contributed by atoms with Crippen LogP contribution in [-0.4, -0.2) is 16.1 Å². The fourth-order valence-corrected chi connectivity index (χ4v) is 3.69. The molecule has 0 amide bonds. The third-order valence-electron chi connectivity index (χ3n) is 5.31. The summed E-state index contributed by atoms with van der Waals surface area (Å²) in [6, 6.07) is 26.4. The molecule has 4 rings (SSSR count). The zero-order chi connectivity index (χ0) is 20.2. The molecule has 1 N–H and O–H groups in total. The first-order valence-corrected chi connectivity index (χ1v) is 9.91. The van der Waals surface area contributed by atoms with E-state index in [1.54, 1.807) is 6.92 Å². The van der Waals surface area contributed by atoms with E-state index in [0.29, 0.717) is 18.6 Å². The van der Waals surface area contributed by atoms with Gasteiger partial charge >= 0.3 is 0 Å². The van der Waals surface area contributed by atoms with Crippen LogP contribution in [0.25, 0.3) is 10.9 Å². The molecule has 3 nitrogen and oxygen atoms in total. The van der Waals surface area contributed by atoms with Gasteiger partial charge in [-0.15, -0.1) is 0 Å². The van der Waals surface area contributed by atoms with Crippen molar-refractivity contribution >= 4 is 22.4 Å². The van der Waals surface area contributed by atoms with Crippen molar-refractivity contribution in [1.82, 2.24) is 4.57 Å². The van der Waals surface area contributed by atoms with E-state index in [9.17, 15) is 4.79 Å². The topological polar surface area (TPSA) is 45.9 Å². The van der Waals surface area contributed by atoms with Crippen LogP contribution in [0.2, 0.25) is 0 Å². The summed E-state index contributed by atoms with van der Waals surface area (Å²) in [5.74, 6) is 0.167. The molecule has 0 spiro atoms. The number of Topliss-reactive ketones (excluding diaryl/α,β-unsaturated/α-hetero) is 1. The van der Waals surface area contributed by atoms with Gasteiger partial charge < -0.3 is 9.98 Å². The molecule has 1 heterocycles. The SMILES string of the molecule is CC(=N)c1ccc(CCC(=O)c2cn(Cc3ccccc3)c3ccccc23)cc1. The van der Waals surface area contributed by atoms with Gasteiger partial charge in [-0.2, -0.15) is 0 Å². The Morgan fingerprint density at radius 3 is 2.28 bits per heavy atom. The number of nitrogens with one attached hydrogen (secondary N) is 1. The van der Waals surface area contributed by atoms with Crippen LogP contribution in [0.1, 0.15) is 40.4 Å². The number of aryl methyl sites for hydroxylation is 1. The molecular formula is C26H24N2O. The smallest absolute Gasteiger partial charge is 0.165 e. The van der Waals surface area contributed by atoms with E-state index >= 15 is 0 Å². The van der Waals surface area contributed by atoms with Gasteiger partial charge in [0.15, 0.2) is 5.78 Å². The molecule has 4 aromatic rings. The number of ketones is 1. The number of carbonyl (C=O) groups is 1. The standard InChI is InChI=1S/C26H24N2O/c1-19(27)22-14-11-20(12-15-22)13-16-26(29)24-18-28(17-21-7-3-2-4-8-21)25-10-6-5-9-23(24)25/h2-12,14-15,18,27H,13,16-17H2,1H3. The maximum absolute atomic E-state index is 13.0. The second-order valence-electron chi connectivity index (χ2n) is 7.42. The number of fused-ring (bicyclic) bond motifs is 1. The lowest BCUT2D eigenvalue weighted by Gasteiger charge is -2.05. The van der Waals surface area contributed by atoms with Crippen molar-refractivity contribution in [1.29, 1.82) is 5.41 Å². The maximum atomic E-state index is 13.0. The summed E-state index contributed by atoms with van der Waals surface area (Å²) in [7, 11) is 0. The van der Waals surface area contributed by atoms with Crippen LogP contribution in [0.4, 0.5) is 0 Å². The van der Waals surface area contributed by atoms with Crippen LogP contribution >= 0.6 is 0 Å². The van der Waals surface area contributed by atoms with Crippen molar-refractivity contribution in [3.05, 3.63) is 107 Å². The van der Waals surface area contributed by atoms with E-state index in [-0.39, 0.29) is 5.78 Å². The van der Waals surface area contributed by atoms with Gasteiger partial charge in [-0.25, -0.2) is 0 Å². The van der Waals surface area contributed by atoms with E-state index in [0.717, 1.165) is 34.1 Å². The number of benzene rings is 3. The summed E-state index contributed by atoms with van der Waals surface area (Å²) in [6.45, 7) is 2.53. The number of aromatic nitrogens is 1. The summed E-state index contributed by atoms with van der Waals surface area (Å²) in [5, 5.41) is 8.71. The lowest BCUT2D eigenvalue weighted by molar-refractivity contribution is 0.0984. The fraction of sp³-hybridized carbons (Fsp3) is 0.154. The fourth-order valence-electron chi connectivity index (χ4n) is 3.69. The Bertz CT molecular complexity index is 1150. The van der Waals surface area contributed by atoms with E-state index in [2.05, 4.69) is 22.8 Å². The zero-order valence-electron chi connectivity index (χ0n) is 16.6. The summed E-state index contributed by atoms with van der Waals surface area (Å²) in [6.07, 6.45) is 3.18. The molecule has 0 aliphatic rings. The Morgan fingerprint density at radius 2 is 1.55 bits per heavy atom. The highest BCUT2D eigenvalue weighted by atomic mass is 16.1. The second kappa shape index (κ2) is 8.27. The van der Waals surface area contributed by atoms with E-state index in [1.807, 2.05) is 66.9 Å². The molecule has 1 aromatic heterocycles. The molecule has 0 atom stereocenters. The summed E-state index contributed by atoms with van der Waals surface area (Å²) < 4.78 is 2.17. The Labute approximate surface area is 171 Å². The van der Waals surface area contributed by atoms with Crippen molar-refractivity contribution in [3.63, 3.8) is 0 Å². The average Bonchev–Trinajstić information content (AvgIpc) is 3.12. The molecular weight excluding hydrogens is 356 g/mol. The van der Waals surface area contributed by atoms with Crippen molar-refractivity contribution in [2.75, 3.05) is 0 Å². The molecule has 144 valence electrons. The molecule has 0 unspecified atom stereocenters. The van der Waals surface area contributed by atoms with Gasteiger partial charge in [0.05, 0.1) is 0 Å². The number of hydrogen-bond donors (Lipinski definition) is 1. The van der Waals surface area contributed by atoms with Crippen molar-refractivity contribution in [2.45, 2.75) is 26.3 Å². The largest absolute Gasteiger partial charge is 0.342 e. The maximum Gasteiger partial charge on any atom is 0.165 e. The van der Waals surface area contributed by atoms with Gasteiger partial charge in [-0.05, 0) is 36.1 Å². The third-order valence-corrected chi connectivity index (χ3v) is 5.31. The van der Waals surface area contributed by atoms with Crippen LogP contribution in [0.5, 0.6) is 0 Å². The number of rotatable bonds is 7. The van der Waals surface area contributed by atoms with Gasteiger partial charge in [0.2, 0.25) is 0 Å². The quantitative estimate of drug-likeness (QED) is 0.315. The van der Waals surface area contributed by atoms with Crippen LogP contribution < -0.4 is 0 Å². The van der Waals surface area contributed by atoms with E-state index in [4.69, 9.17) is 5.41 Å². The Balaban J connectivity index is 1.55. The molecule has 0 aliphatic heterocycles. The number of para-hydroxylation sites is 1. The summed E-state index contributed by atoms with van der Waals surface area (Å²) >= 11 is 0. The molecule has 0 radical (unpaired) electrons. The number of nitrogens with zero attached hydrogens (tertiary/aromatic N) is 1. The summed E-state index contributed by atoms with van der Waals surface area (Å²) in [4.78, 5) is 13.0. The van der Waals surface area contributed by atoms with Crippen molar-refractivity contribution in [3.8, 4) is 0 Å². The molecule has 29 heavy (non-hydrogen) atoms. The highest BCUT2D eigenvalue weighted by molar-refractivity contribution is 6.08. The number of carbonyl (C=O) groups excluding carboxylic acids is 1. The van der Waals surface area contributed by atoms with Crippen molar-refractivity contribution in [2.24, 2.45) is 0 Å². The highest BCUT2D eigenvalue weighted by Gasteiger charge is 2.15. The van der Waals surface area contributed by atoms with Gasteiger partial charge in [0.25, 0.3) is 0 Å². The second-order valence-corrected chi connectivity index (χ2v) is 7.42. The minimum Gasteiger partial charge on any atom is -0.342 e. The normalized spacial score (nSPS) is 10.9. The van der Waals surface area contributed by atoms with Crippen LogP contribution in [-0.2, 0) is 13.0 Å². The molecule has 3 heteroatoms. The Hall–Kier alpha value is -3.46. The predicted molar refractivity (Wildman–Crippen MR) is 119 cm³/mol. The lowest BCUT2D eigenvalue weighted by Crippen LogP contribution is -2.02. The molecule has 0 bridgehead atoms. The molecule has 0 saturated heterocycles. The highest BCUT2D eigenvalue weighted by Crippen LogP contribution is 2.24. The Kier molecular flexibility index (Phi) is 5.39. The van der Waals surface area contributed by atoms with Crippen LogP contribution in [0.3, 0.4) is 0 Å². The molecule has 0 aliphatic carbocycles. The minimum atomic E-state index is 0.167. The molecule has 3 aromatic carbocycles. The number of hydrogen-bond acceptors (Lipinski definition) is 2. The van der Waals surface area contributed by atoms with Crippen molar-refractivity contribution < 1.29 is 4.79 Å². The third kappa shape index (κ3) is 4.19. The van der Waals surface area contributed by atoms with E-state index < -0.39 is 0 Å². The Morgan fingerprint density at radius 1 is 0.862 bits per heavy atom. The first-order valence-electron chi connectivity index (χ1n) is 9.91. The van der Waals surface area contributed by atoms with Crippen LogP contribution in [0.15, 0.2) is 85.1 Å². The molecule has 0 fully saturated rings. The predicted octanol–water partition coefficient (Wildman–Crippen LogP) is 5.89.